The van der Waals surface area contributed by atoms with Crippen molar-refractivity contribution in [3.05, 3.63) is 47.8 Å². The zero-order valence-corrected chi connectivity index (χ0v) is 10.9. The van der Waals surface area contributed by atoms with Crippen LogP contribution in [0.5, 0.6) is 17.2 Å². The molecule has 2 aromatic carbocycles. The van der Waals surface area contributed by atoms with Crippen molar-refractivity contribution in [2.45, 2.75) is 13.3 Å². The van der Waals surface area contributed by atoms with Gasteiger partial charge in [0, 0.05) is 6.07 Å². The number of halogens is 1. The number of benzene rings is 2. The summed E-state index contributed by atoms with van der Waals surface area (Å²) in [6, 6.07) is 9.71. The van der Waals surface area contributed by atoms with E-state index in [9.17, 15) is 4.39 Å². The second-order valence-electron chi connectivity index (χ2n) is 4.12. The molecule has 0 aliphatic carbocycles. The van der Waals surface area contributed by atoms with Gasteiger partial charge in [-0.2, -0.15) is 0 Å². The quantitative estimate of drug-likeness (QED) is 0.852. The van der Waals surface area contributed by atoms with Gasteiger partial charge >= 0.3 is 0 Å². The normalized spacial score (nSPS) is 10.3. The molecule has 0 aromatic heterocycles. The average molecular weight is 261 g/mol. The maximum Gasteiger partial charge on any atom is 0.169 e. The summed E-state index contributed by atoms with van der Waals surface area (Å²) >= 11 is 0. The smallest absolute Gasteiger partial charge is 0.169 e. The van der Waals surface area contributed by atoms with Crippen molar-refractivity contribution in [3.8, 4) is 17.2 Å². The highest BCUT2D eigenvalue weighted by molar-refractivity contribution is 5.55. The van der Waals surface area contributed by atoms with E-state index in [-0.39, 0.29) is 5.69 Å². The van der Waals surface area contributed by atoms with E-state index < -0.39 is 5.82 Å². The summed E-state index contributed by atoms with van der Waals surface area (Å²) in [6.07, 6.45) is 0.912. The Kier molecular flexibility index (Phi) is 3.90. The number of methoxy groups -OCH3 is 1. The van der Waals surface area contributed by atoms with Crippen LogP contribution in [0.4, 0.5) is 10.1 Å². The molecule has 0 atom stereocenters. The highest BCUT2D eigenvalue weighted by Gasteiger charge is 2.09. The minimum Gasteiger partial charge on any atom is -0.493 e. The van der Waals surface area contributed by atoms with Crippen LogP contribution in [0.2, 0.25) is 0 Å². The number of nitrogen functional groups attached to an aromatic ring is 1. The zero-order chi connectivity index (χ0) is 13.8. The Labute approximate surface area is 111 Å². The molecular formula is C15H16FNO2. The predicted octanol–water partition coefficient (Wildman–Crippen LogP) is 3.77. The van der Waals surface area contributed by atoms with Crippen LogP contribution < -0.4 is 15.2 Å². The molecule has 0 heterocycles. The predicted molar refractivity (Wildman–Crippen MR) is 73.3 cm³/mol. The summed E-state index contributed by atoms with van der Waals surface area (Å²) in [4.78, 5) is 0. The zero-order valence-electron chi connectivity index (χ0n) is 10.9. The van der Waals surface area contributed by atoms with Crippen molar-refractivity contribution in [1.82, 2.24) is 0 Å². The van der Waals surface area contributed by atoms with E-state index in [2.05, 4.69) is 6.92 Å². The number of hydrogen-bond donors (Lipinski definition) is 1. The van der Waals surface area contributed by atoms with Crippen LogP contribution in [0.25, 0.3) is 0 Å². The van der Waals surface area contributed by atoms with Crippen LogP contribution in [0.1, 0.15) is 12.5 Å². The van der Waals surface area contributed by atoms with E-state index in [0.29, 0.717) is 17.2 Å². The molecule has 4 heteroatoms. The first-order valence-electron chi connectivity index (χ1n) is 6.04. The molecule has 0 bridgehead atoms. The summed E-state index contributed by atoms with van der Waals surface area (Å²) in [6.45, 7) is 2.06. The third-order valence-corrected chi connectivity index (χ3v) is 2.83. The van der Waals surface area contributed by atoms with Crippen LogP contribution >= 0.6 is 0 Å². The van der Waals surface area contributed by atoms with Gasteiger partial charge in [-0.25, -0.2) is 4.39 Å². The van der Waals surface area contributed by atoms with Gasteiger partial charge in [-0.1, -0.05) is 13.0 Å². The third kappa shape index (κ3) is 2.96. The van der Waals surface area contributed by atoms with E-state index >= 15 is 0 Å². The Morgan fingerprint density at radius 2 is 1.79 bits per heavy atom. The molecule has 0 radical (unpaired) electrons. The van der Waals surface area contributed by atoms with Crippen molar-refractivity contribution in [3.63, 3.8) is 0 Å². The highest BCUT2D eigenvalue weighted by atomic mass is 19.1. The molecule has 0 aliphatic rings. The number of nitrogens with two attached hydrogens (primary N) is 1. The molecule has 19 heavy (non-hydrogen) atoms. The van der Waals surface area contributed by atoms with Crippen LogP contribution in [0, 0.1) is 5.82 Å². The van der Waals surface area contributed by atoms with Crippen molar-refractivity contribution in [2.75, 3.05) is 12.8 Å². The number of rotatable bonds is 4. The van der Waals surface area contributed by atoms with Gasteiger partial charge in [0.25, 0.3) is 0 Å². The lowest BCUT2D eigenvalue weighted by Gasteiger charge is -2.12. The van der Waals surface area contributed by atoms with Gasteiger partial charge in [-0.15, -0.1) is 0 Å². The Morgan fingerprint density at radius 3 is 2.42 bits per heavy atom. The third-order valence-electron chi connectivity index (χ3n) is 2.83. The fraction of sp³-hybridized carbons (Fsp3) is 0.200. The molecule has 0 fully saturated rings. The second kappa shape index (κ2) is 5.61. The van der Waals surface area contributed by atoms with Gasteiger partial charge in [-0.05, 0) is 36.2 Å². The Bertz CT molecular complexity index is 584. The summed E-state index contributed by atoms with van der Waals surface area (Å²) in [5.74, 6) is 1.20. The van der Waals surface area contributed by atoms with Gasteiger partial charge in [0.1, 0.15) is 5.82 Å². The van der Waals surface area contributed by atoms with Crippen LogP contribution in [-0.4, -0.2) is 7.11 Å². The van der Waals surface area contributed by atoms with Crippen LogP contribution in [0.3, 0.4) is 0 Å². The molecule has 0 unspecified atom stereocenters. The minimum atomic E-state index is -0.391. The largest absolute Gasteiger partial charge is 0.493 e. The summed E-state index contributed by atoms with van der Waals surface area (Å²) in [7, 11) is 1.58. The average Bonchev–Trinajstić information content (AvgIpc) is 2.42. The van der Waals surface area contributed by atoms with Gasteiger partial charge in [-0.3, -0.25) is 0 Å². The monoisotopic (exact) mass is 261 g/mol. The van der Waals surface area contributed by atoms with Crippen molar-refractivity contribution in [1.29, 1.82) is 0 Å². The summed E-state index contributed by atoms with van der Waals surface area (Å²) < 4.78 is 23.9. The van der Waals surface area contributed by atoms with Gasteiger partial charge < -0.3 is 15.2 Å². The second-order valence-corrected chi connectivity index (χ2v) is 4.12. The van der Waals surface area contributed by atoms with E-state index in [0.717, 1.165) is 12.0 Å². The number of hydrogen-bond acceptors (Lipinski definition) is 3. The maximum absolute atomic E-state index is 13.0. The molecule has 0 amide bonds. The lowest BCUT2D eigenvalue weighted by molar-refractivity contribution is 0.378. The molecule has 2 N–H and O–H groups in total. The van der Waals surface area contributed by atoms with Crippen molar-refractivity contribution < 1.29 is 13.9 Å². The first kappa shape index (κ1) is 13.2. The summed E-state index contributed by atoms with van der Waals surface area (Å²) in [5, 5.41) is 0. The topological polar surface area (TPSA) is 44.5 Å². The van der Waals surface area contributed by atoms with E-state index in [1.807, 2.05) is 18.2 Å². The lowest BCUT2D eigenvalue weighted by atomic mass is 10.1. The number of anilines is 1. The molecule has 2 rings (SSSR count). The summed E-state index contributed by atoms with van der Waals surface area (Å²) in [5.41, 5.74) is 7.11. The minimum absolute atomic E-state index is 0.252. The van der Waals surface area contributed by atoms with E-state index in [4.69, 9.17) is 15.2 Å². The first-order chi connectivity index (χ1) is 9.13. The molecule has 0 spiro atoms. The van der Waals surface area contributed by atoms with Gasteiger partial charge in [0.2, 0.25) is 0 Å². The van der Waals surface area contributed by atoms with E-state index in [1.54, 1.807) is 7.11 Å². The van der Waals surface area contributed by atoms with Crippen molar-refractivity contribution >= 4 is 5.69 Å². The Hall–Kier alpha value is -2.23. The number of ether oxygens (including phenoxy) is 2. The maximum atomic E-state index is 13.0. The molecule has 100 valence electrons. The standard InChI is InChI=1S/C15H16FNO2/c1-3-10-4-6-14(15(8-10)18-2)19-13-7-5-11(16)9-12(13)17/h4-9H,3,17H2,1-2H3. The SMILES string of the molecule is CCc1ccc(Oc2ccc(F)cc2N)c(OC)c1. The van der Waals surface area contributed by atoms with Crippen LogP contribution in [0.15, 0.2) is 36.4 Å². The fourth-order valence-corrected chi connectivity index (χ4v) is 1.75. The molecule has 0 saturated carbocycles. The van der Waals surface area contributed by atoms with Crippen molar-refractivity contribution in [2.24, 2.45) is 0 Å². The Balaban J connectivity index is 2.32. The molecule has 2 aromatic rings. The molecular weight excluding hydrogens is 245 g/mol. The Morgan fingerprint density at radius 1 is 1.05 bits per heavy atom. The molecule has 0 aliphatic heterocycles. The fourth-order valence-electron chi connectivity index (χ4n) is 1.75. The van der Waals surface area contributed by atoms with Gasteiger partial charge in [0.05, 0.1) is 12.8 Å². The first-order valence-corrected chi connectivity index (χ1v) is 6.04. The number of aryl methyl sites for hydroxylation is 1. The van der Waals surface area contributed by atoms with E-state index in [1.165, 1.54) is 18.2 Å². The molecule has 3 nitrogen and oxygen atoms in total. The molecule has 0 saturated heterocycles. The van der Waals surface area contributed by atoms with Crippen LogP contribution in [-0.2, 0) is 6.42 Å². The van der Waals surface area contributed by atoms with Gasteiger partial charge in [0.15, 0.2) is 17.2 Å². The lowest BCUT2D eigenvalue weighted by Crippen LogP contribution is -1.95. The highest BCUT2D eigenvalue weighted by Crippen LogP contribution is 2.35.